The number of hydrogen-bond donors (Lipinski definition) is 3. The van der Waals surface area contributed by atoms with Crippen molar-refractivity contribution in [3.8, 4) is 11.3 Å². The van der Waals surface area contributed by atoms with E-state index >= 15 is 0 Å². The average molecular weight is 458 g/mol. The molecular weight excluding hydrogens is 430 g/mol. The second kappa shape index (κ2) is 10.6. The fourth-order valence-electron chi connectivity index (χ4n) is 3.81. The second-order valence-electron chi connectivity index (χ2n) is 7.90. The fraction of sp³-hybridized carbons (Fsp3) is 0.185. The van der Waals surface area contributed by atoms with E-state index < -0.39 is 12.2 Å². The third-order valence-corrected chi connectivity index (χ3v) is 5.62. The van der Waals surface area contributed by atoms with Gasteiger partial charge >= 0.3 is 12.2 Å². The molecule has 7 nitrogen and oxygen atoms in total. The van der Waals surface area contributed by atoms with Gasteiger partial charge < -0.3 is 25.1 Å². The highest BCUT2D eigenvalue weighted by Crippen LogP contribution is 2.32. The Labute approximate surface area is 198 Å². The Balaban J connectivity index is 1.47. The highest BCUT2D eigenvalue weighted by Gasteiger charge is 2.14. The summed E-state index contributed by atoms with van der Waals surface area (Å²) in [6.07, 6.45) is -0.928. The van der Waals surface area contributed by atoms with Gasteiger partial charge in [-0.1, -0.05) is 60.7 Å². The summed E-state index contributed by atoms with van der Waals surface area (Å²) in [5, 5.41) is 6.33. The van der Waals surface area contributed by atoms with Crippen LogP contribution >= 0.6 is 0 Å². The number of H-pyrrole nitrogens is 1. The number of benzene rings is 3. The van der Waals surface area contributed by atoms with E-state index in [1.165, 1.54) is 7.05 Å². The van der Waals surface area contributed by atoms with Crippen molar-refractivity contribution in [3.05, 3.63) is 95.1 Å². The number of rotatable bonds is 7. The van der Waals surface area contributed by atoms with Crippen molar-refractivity contribution in [1.29, 1.82) is 0 Å². The van der Waals surface area contributed by atoms with Crippen molar-refractivity contribution >= 4 is 23.1 Å². The van der Waals surface area contributed by atoms with Gasteiger partial charge in [-0.05, 0) is 41.3 Å². The number of aromatic nitrogens is 1. The maximum absolute atomic E-state index is 12.1. The Hall–Kier alpha value is -4.26. The fourth-order valence-corrected chi connectivity index (χ4v) is 3.81. The molecule has 1 heterocycles. The summed E-state index contributed by atoms with van der Waals surface area (Å²) < 4.78 is 10.5. The van der Waals surface area contributed by atoms with Crippen LogP contribution in [0.15, 0.2) is 72.8 Å². The number of carbonyl (C=O) groups excluding carboxylic acids is 2. The molecule has 3 aromatic carbocycles. The molecule has 0 saturated heterocycles. The molecule has 1 aromatic heterocycles. The van der Waals surface area contributed by atoms with Gasteiger partial charge in [0.2, 0.25) is 0 Å². The average Bonchev–Trinajstić information content (AvgIpc) is 3.21. The summed E-state index contributed by atoms with van der Waals surface area (Å²) in [5.41, 5.74) is 6.83. The van der Waals surface area contributed by atoms with Crippen LogP contribution in [0.5, 0.6) is 0 Å². The van der Waals surface area contributed by atoms with E-state index in [4.69, 9.17) is 9.47 Å². The third kappa shape index (κ3) is 5.38. The first-order valence-corrected chi connectivity index (χ1v) is 11.0. The van der Waals surface area contributed by atoms with E-state index in [0.717, 1.165) is 44.4 Å². The van der Waals surface area contributed by atoms with Crippen LogP contribution in [-0.4, -0.2) is 24.2 Å². The lowest BCUT2D eigenvalue weighted by molar-refractivity contribution is 0.139. The highest BCUT2D eigenvalue weighted by atomic mass is 16.6. The SMILES string of the molecule is CNC(=O)OCc1ccccc1-c1[nH]c2ccc(CNC(=O)OCc3ccccc3)cc2c1C. The van der Waals surface area contributed by atoms with E-state index in [2.05, 4.69) is 28.6 Å². The van der Waals surface area contributed by atoms with Gasteiger partial charge in [-0.3, -0.25) is 0 Å². The van der Waals surface area contributed by atoms with Crippen molar-refractivity contribution in [2.24, 2.45) is 0 Å². The molecular formula is C27H27N3O4. The van der Waals surface area contributed by atoms with Crippen molar-refractivity contribution < 1.29 is 19.1 Å². The van der Waals surface area contributed by atoms with Gasteiger partial charge in [-0.2, -0.15) is 0 Å². The highest BCUT2D eigenvalue weighted by molar-refractivity contribution is 5.91. The molecule has 0 atom stereocenters. The molecule has 0 unspecified atom stereocenters. The van der Waals surface area contributed by atoms with E-state index in [-0.39, 0.29) is 13.2 Å². The molecule has 7 heteroatoms. The Morgan fingerprint density at radius 2 is 1.59 bits per heavy atom. The maximum Gasteiger partial charge on any atom is 0.407 e. The van der Waals surface area contributed by atoms with Crippen molar-refractivity contribution in [2.45, 2.75) is 26.7 Å². The number of alkyl carbamates (subject to hydrolysis) is 2. The van der Waals surface area contributed by atoms with Gasteiger partial charge in [0.05, 0.1) is 0 Å². The van der Waals surface area contributed by atoms with Gasteiger partial charge in [0, 0.05) is 35.8 Å². The number of aromatic amines is 1. The smallest absolute Gasteiger partial charge is 0.407 e. The van der Waals surface area contributed by atoms with E-state index in [0.29, 0.717) is 6.54 Å². The molecule has 174 valence electrons. The van der Waals surface area contributed by atoms with Gasteiger partial charge in [-0.15, -0.1) is 0 Å². The Morgan fingerprint density at radius 1 is 0.853 bits per heavy atom. The summed E-state index contributed by atoms with van der Waals surface area (Å²) in [4.78, 5) is 27.1. The summed E-state index contributed by atoms with van der Waals surface area (Å²) in [7, 11) is 1.53. The molecule has 0 aliphatic heterocycles. The Morgan fingerprint density at radius 3 is 2.38 bits per heavy atom. The number of amides is 2. The van der Waals surface area contributed by atoms with Crippen LogP contribution in [-0.2, 0) is 29.2 Å². The molecule has 4 rings (SSSR count). The van der Waals surface area contributed by atoms with Crippen LogP contribution in [0.1, 0.15) is 22.3 Å². The Bertz CT molecular complexity index is 1300. The largest absolute Gasteiger partial charge is 0.445 e. The van der Waals surface area contributed by atoms with E-state index in [9.17, 15) is 9.59 Å². The first-order valence-electron chi connectivity index (χ1n) is 11.0. The van der Waals surface area contributed by atoms with E-state index in [1.807, 2.05) is 66.7 Å². The topological polar surface area (TPSA) is 92.5 Å². The molecule has 0 saturated carbocycles. The quantitative estimate of drug-likeness (QED) is 0.345. The molecule has 0 aliphatic rings. The summed E-state index contributed by atoms with van der Waals surface area (Å²) >= 11 is 0. The van der Waals surface area contributed by atoms with Crippen LogP contribution in [0, 0.1) is 6.92 Å². The summed E-state index contributed by atoms with van der Waals surface area (Å²) in [6.45, 7) is 2.82. The number of ether oxygens (including phenoxy) is 2. The lowest BCUT2D eigenvalue weighted by Crippen LogP contribution is -2.23. The van der Waals surface area contributed by atoms with Crippen molar-refractivity contribution in [3.63, 3.8) is 0 Å². The number of aryl methyl sites for hydroxylation is 1. The molecule has 0 spiro atoms. The maximum atomic E-state index is 12.1. The lowest BCUT2D eigenvalue weighted by Gasteiger charge is -2.10. The molecule has 3 N–H and O–H groups in total. The van der Waals surface area contributed by atoms with Crippen molar-refractivity contribution in [2.75, 3.05) is 7.05 Å². The molecule has 0 radical (unpaired) electrons. The predicted molar refractivity (Wildman–Crippen MR) is 131 cm³/mol. The first kappa shape index (κ1) is 22.9. The molecule has 0 bridgehead atoms. The number of nitrogens with one attached hydrogen (secondary N) is 3. The summed E-state index contributed by atoms with van der Waals surface area (Å²) in [6, 6.07) is 23.4. The zero-order valence-electron chi connectivity index (χ0n) is 19.2. The molecule has 2 amide bonds. The molecule has 4 aromatic rings. The van der Waals surface area contributed by atoms with Crippen LogP contribution in [0.3, 0.4) is 0 Å². The van der Waals surface area contributed by atoms with Crippen LogP contribution in [0.2, 0.25) is 0 Å². The minimum Gasteiger partial charge on any atom is -0.445 e. The molecule has 0 fully saturated rings. The normalized spacial score (nSPS) is 10.6. The van der Waals surface area contributed by atoms with Crippen LogP contribution in [0.25, 0.3) is 22.2 Å². The summed E-state index contributed by atoms with van der Waals surface area (Å²) in [5.74, 6) is 0. The number of hydrogen-bond acceptors (Lipinski definition) is 4. The van der Waals surface area contributed by atoms with Gasteiger partial charge in [0.1, 0.15) is 13.2 Å². The van der Waals surface area contributed by atoms with E-state index in [1.54, 1.807) is 0 Å². The van der Waals surface area contributed by atoms with Crippen LogP contribution < -0.4 is 10.6 Å². The first-order chi connectivity index (χ1) is 16.5. The molecule has 34 heavy (non-hydrogen) atoms. The van der Waals surface area contributed by atoms with Crippen molar-refractivity contribution in [1.82, 2.24) is 15.6 Å². The Kier molecular flexibility index (Phi) is 7.13. The van der Waals surface area contributed by atoms with Crippen LogP contribution in [0.4, 0.5) is 9.59 Å². The minimum atomic E-state index is -0.470. The number of carbonyl (C=O) groups is 2. The minimum absolute atomic E-state index is 0.172. The predicted octanol–water partition coefficient (Wildman–Crippen LogP) is 5.43. The number of fused-ring (bicyclic) bond motifs is 1. The zero-order chi connectivity index (χ0) is 23.9. The zero-order valence-corrected chi connectivity index (χ0v) is 19.2. The lowest BCUT2D eigenvalue weighted by atomic mass is 10.0. The third-order valence-electron chi connectivity index (χ3n) is 5.62. The molecule has 0 aliphatic carbocycles. The van der Waals surface area contributed by atoms with Gasteiger partial charge in [0.15, 0.2) is 0 Å². The standard InChI is InChI=1S/C27H27N3O4/c1-18-23-14-20(15-29-27(32)33-16-19-8-4-3-5-9-19)12-13-24(23)30-25(18)22-11-7-6-10-21(22)17-34-26(31)28-2/h3-14,30H,15-17H2,1-2H3,(H,28,31)(H,29,32). The monoisotopic (exact) mass is 457 g/mol. The second-order valence-corrected chi connectivity index (χ2v) is 7.90. The van der Waals surface area contributed by atoms with Gasteiger partial charge in [-0.25, -0.2) is 9.59 Å². The van der Waals surface area contributed by atoms with Gasteiger partial charge in [0.25, 0.3) is 0 Å².